The molecule has 0 radical (unpaired) electrons. The number of nitrogens with one attached hydrogen (secondary N) is 3. The Hall–Kier alpha value is -1.88. The molecule has 1 rings (SSSR count). The zero-order valence-electron chi connectivity index (χ0n) is 12.3. The van der Waals surface area contributed by atoms with Crippen LogP contribution in [0, 0.1) is 0 Å². The lowest BCUT2D eigenvalue weighted by Crippen LogP contribution is -2.42. The second-order valence-corrected chi connectivity index (χ2v) is 5.64. The van der Waals surface area contributed by atoms with Crippen LogP contribution >= 0.6 is 0 Å². The van der Waals surface area contributed by atoms with Crippen LogP contribution in [0.1, 0.15) is 27.2 Å². The molecular weight excluding hydrogens is 254 g/mol. The van der Waals surface area contributed by atoms with Crippen molar-refractivity contribution in [3.63, 3.8) is 0 Å². The maximum Gasteiger partial charge on any atom is 0.238 e. The number of carbonyl (C=O) groups excluding carboxylic acids is 2. The summed E-state index contributed by atoms with van der Waals surface area (Å²) in [6.07, 6.45) is 0.357. The minimum Gasteiger partial charge on any atom is -0.351 e. The summed E-state index contributed by atoms with van der Waals surface area (Å²) in [6.45, 7) is 6.48. The Morgan fingerprint density at radius 1 is 1.05 bits per heavy atom. The number of para-hydroxylation sites is 1. The van der Waals surface area contributed by atoms with Crippen LogP contribution in [0.25, 0.3) is 0 Å². The van der Waals surface area contributed by atoms with Crippen LogP contribution in [-0.2, 0) is 9.59 Å². The van der Waals surface area contributed by atoms with E-state index in [1.807, 2.05) is 51.1 Å². The zero-order valence-corrected chi connectivity index (χ0v) is 12.3. The largest absolute Gasteiger partial charge is 0.351 e. The number of hydrogen-bond acceptors (Lipinski definition) is 3. The van der Waals surface area contributed by atoms with Crippen LogP contribution < -0.4 is 16.0 Å². The van der Waals surface area contributed by atoms with E-state index in [0.717, 1.165) is 5.69 Å². The number of benzene rings is 1. The molecule has 5 nitrogen and oxygen atoms in total. The van der Waals surface area contributed by atoms with Crippen molar-refractivity contribution in [3.8, 4) is 0 Å². The van der Waals surface area contributed by atoms with Gasteiger partial charge in [-0.2, -0.15) is 0 Å². The highest BCUT2D eigenvalue weighted by Gasteiger charge is 2.13. The highest BCUT2D eigenvalue weighted by Crippen LogP contribution is 2.04. The summed E-state index contributed by atoms with van der Waals surface area (Å²) in [5, 5.41) is 8.58. The molecule has 0 unspecified atom stereocenters. The van der Waals surface area contributed by atoms with Crippen molar-refractivity contribution in [2.24, 2.45) is 0 Å². The van der Waals surface area contributed by atoms with E-state index in [2.05, 4.69) is 16.0 Å². The van der Waals surface area contributed by atoms with Gasteiger partial charge in [-0.05, 0) is 32.9 Å². The number of carbonyl (C=O) groups is 2. The van der Waals surface area contributed by atoms with Gasteiger partial charge < -0.3 is 16.0 Å². The van der Waals surface area contributed by atoms with E-state index < -0.39 is 0 Å². The quantitative estimate of drug-likeness (QED) is 0.690. The molecule has 2 amide bonds. The van der Waals surface area contributed by atoms with Gasteiger partial charge in [0.1, 0.15) is 0 Å². The Morgan fingerprint density at radius 2 is 1.70 bits per heavy atom. The number of rotatable bonds is 6. The second kappa shape index (κ2) is 7.65. The molecule has 0 aliphatic heterocycles. The summed E-state index contributed by atoms with van der Waals surface area (Å²) in [6, 6.07) is 9.27. The maximum atomic E-state index is 11.6. The molecule has 0 aliphatic carbocycles. The first-order chi connectivity index (χ1) is 9.37. The molecule has 5 heteroatoms. The fraction of sp³-hybridized carbons (Fsp3) is 0.467. The highest BCUT2D eigenvalue weighted by molar-refractivity contribution is 5.92. The topological polar surface area (TPSA) is 70.2 Å². The molecule has 0 aliphatic rings. The molecule has 0 heterocycles. The molecule has 0 bridgehead atoms. The Bertz CT molecular complexity index is 438. The van der Waals surface area contributed by atoms with Crippen molar-refractivity contribution in [2.75, 3.05) is 18.4 Å². The van der Waals surface area contributed by atoms with Gasteiger partial charge in [-0.1, -0.05) is 18.2 Å². The van der Waals surface area contributed by atoms with Crippen molar-refractivity contribution in [1.82, 2.24) is 10.6 Å². The standard InChI is InChI=1S/C15H23N3O2/c1-15(2,3)18-13(19)9-10-16-11-14(20)17-12-7-5-4-6-8-12/h4-8,16H,9-11H2,1-3H3,(H,17,20)(H,18,19). The SMILES string of the molecule is CC(C)(C)NC(=O)CCNCC(=O)Nc1ccccc1. The smallest absolute Gasteiger partial charge is 0.238 e. The van der Waals surface area contributed by atoms with Crippen molar-refractivity contribution < 1.29 is 9.59 Å². The Balaban J connectivity index is 2.15. The molecule has 1 aromatic rings. The fourth-order valence-corrected chi connectivity index (χ4v) is 1.61. The first-order valence-corrected chi connectivity index (χ1v) is 6.73. The summed E-state index contributed by atoms with van der Waals surface area (Å²) < 4.78 is 0. The van der Waals surface area contributed by atoms with Crippen LogP contribution in [0.2, 0.25) is 0 Å². The van der Waals surface area contributed by atoms with Crippen molar-refractivity contribution in [1.29, 1.82) is 0 Å². The lowest BCUT2D eigenvalue weighted by Gasteiger charge is -2.20. The van der Waals surface area contributed by atoms with E-state index in [1.54, 1.807) is 0 Å². The predicted octanol–water partition coefficient (Wildman–Crippen LogP) is 1.52. The number of anilines is 1. The van der Waals surface area contributed by atoms with E-state index in [-0.39, 0.29) is 23.9 Å². The molecule has 1 aromatic carbocycles. The van der Waals surface area contributed by atoms with E-state index in [9.17, 15) is 9.59 Å². The van der Waals surface area contributed by atoms with Gasteiger partial charge in [-0.15, -0.1) is 0 Å². The summed E-state index contributed by atoms with van der Waals surface area (Å²) >= 11 is 0. The van der Waals surface area contributed by atoms with Gasteiger partial charge in [-0.3, -0.25) is 9.59 Å². The Labute approximate surface area is 120 Å². The molecule has 0 aromatic heterocycles. The number of hydrogen-bond donors (Lipinski definition) is 3. The molecule has 20 heavy (non-hydrogen) atoms. The van der Waals surface area contributed by atoms with Crippen LogP contribution in [0.4, 0.5) is 5.69 Å². The number of amides is 2. The van der Waals surface area contributed by atoms with Crippen molar-refractivity contribution in [3.05, 3.63) is 30.3 Å². The molecule has 0 saturated heterocycles. The zero-order chi connectivity index (χ0) is 15.0. The van der Waals surface area contributed by atoms with E-state index >= 15 is 0 Å². The van der Waals surface area contributed by atoms with Gasteiger partial charge in [0, 0.05) is 24.2 Å². The maximum absolute atomic E-state index is 11.6. The summed E-state index contributed by atoms with van der Waals surface area (Å²) in [7, 11) is 0. The van der Waals surface area contributed by atoms with Gasteiger partial charge in [0.25, 0.3) is 0 Å². The average Bonchev–Trinajstić information content (AvgIpc) is 2.34. The average molecular weight is 277 g/mol. The minimum absolute atomic E-state index is 0.0199. The van der Waals surface area contributed by atoms with Gasteiger partial charge in [0.05, 0.1) is 6.54 Å². The summed E-state index contributed by atoms with van der Waals surface area (Å²) in [4.78, 5) is 23.2. The molecule has 3 N–H and O–H groups in total. The normalized spacial score (nSPS) is 10.9. The van der Waals surface area contributed by atoms with E-state index in [1.165, 1.54) is 0 Å². The lowest BCUT2D eigenvalue weighted by atomic mass is 10.1. The van der Waals surface area contributed by atoms with Crippen LogP contribution in [-0.4, -0.2) is 30.4 Å². The van der Waals surface area contributed by atoms with E-state index in [0.29, 0.717) is 13.0 Å². The molecule has 0 saturated carbocycles. The van der Waals surface area contributed by atoms with Gasteiger partial charge >= 0.3 is 0 Å². The minimum atomic E-state index is -0.220. The van der Waals surface area contributed by atoms with Crippen molar-refractivity contribution in [2.45, 2.75) is 32.7 Å². The van der Waals surface area contributed by atoms with Crippen molar-refractivity contribution >= 4 is 17.5 Å². The first-order valence-electron chi connectivity index (χ1n) is 6.73. The van der Waals surface area contributed by atoms with Crippen LogP contribution in [0.15, 0.2) is 30.3 Å². The van der Waals surface area contributed by atoms with Crippen LogP contribution in [0.5, 0.6) is 0 Å². The third kappa shape index (κ3) is 7.53. The first kappa shape index (κ1) is 16.2. The fourth-order valence-electron chi connectivity index (χ4n) is 1.61. The monoisotopic (exact) mass is 277 g/mol. The highest BCUT2D eigenvalue weighted by atomic mass is 16.2. The third-order valence-electron chi connectivity index (χ3n) is 2.39. The Kier molecular flexibility index (Phi) is 6.18. The van der Waals surface area contributed by atoms with Crippen LogP contribution in [0.3, 0.4) is 0 Å². The molecule has 0 fully saturated rings. The summed E-state index contributed by atoms with van der Waals surface area (Å²) in [5.41, 5.74) is 0.548. The molecule has 0 spiro atoms. The lowest BCUT2D eigenvalue weighted by molar-refractivity contribution is -0.122. The summed E-state index contributed by atoms with van der Waals surface area (Å²) in [5.74, 6) is -0.138. The predicted molar refractivity (Wildman–Crippen MR) is 80.5 cm³/mol. The second-order valence-electron chi connectivity index (χ2n) is 5.64. The molecule has 110 valence electrons. The van der Waals surface area contributed by atoms with E-state index in [4.69, 9.17) is 0 Å². The molecular formula is C15H23N3O2. The van der Waals surface area contributed by atoms with Gasteiger partial charge in [0.15, 0.2) is 0 Å². The van der Waals surface area contributed by atoms with Gasteiger partial charge in [-0.25, -0.2) is 0 Å². The Morgan fingerprint density at radius 3 is 2.30 bits per heavy atom. The third-order valence-corrected chi connectivity index (χ3v) is 2.39. The molecule has 0 atom stereocenters. The van der Waals surface area contributed by atoms with Gasteiger partial charge in [0.2, 0.25) is 11.8 Å².